The van der Waals surface area contributed by atoms with Crippen LogP contribution in [0.3, 0.4) is 0 Å². The number of rotatable bonds is 2. The van der Waals surface area contributed by atoms with Crippen LogP contribution in [0.4, 0.5) is 0 Å². The molecular weight excluding hydrogens is 326 g/mol. The van der Waals surface area contributed by atoms with Gasteiger partial charge in [0.15, 0.2) is 0 Å². The summed E-state index contributed by atoms with van der Waals surface area (Å²) < 4.78 is 0. The molecule has 1 saturated heterocycles. The van der Waals surface area contributed by atoms with E-state index in [0.717, 1.165) is 43.0 Å². The van der Waals surface area contributed by atoms with Gasteiger partial charge in [-0.3, -0.25) is 4.79 Å². The second kappa shape index (κ2) is 6.33. The zero-order valence-electron chi connectivity index (χ0n) is 15.0. The molecule has 5 aliphatic rings. The molecule has 1 aromatic rings. The van der Waals surface area contributed by atoms with Crippen molar-refractivity contribution >= 4 is 17.7 Å². The van der Waals surface area contributed by atoms with Crippen molar-refractivity contribution in [3.8, 4) is 0 Å². The maximum atomic E-state index is 13.6. The van der Waals surface area contributed by atoms with Gasteiger partial charge in [-0.15, -0.1) is 0 Å². The van der Waals surface area contributed by atoms with Gasteiger partial charge in [0.1, 0.15) is 0 Å². The number of nitrogens with zero attached hydrogens (tertiary/aromatic N) is 1. The van der Waals surface area contributed by atoms with Crippen molar-refractivity contribution in [3.05, 3.63) is 35.9 Å². The first kappa shape index (κ1) is 16.2. The van der Waals surface area contributed by atoms with Gasteiger partial charge in [0.2, 0.25) is 5.91 Å². The second-order valence-corrected chi connectivity index (χ2v) is 10.4. The van der Waals surface area contributed by atoms with Crippen molar-refractivity contribution in [2.75, 3.05) is 18.8 Å². The quantitative estimate of drug-likeness (QED) is 0.751. The zero-order valence-corrected chi connectivity index (χ0v) is 15.8. The molecule has 0 radical (unpaired) electrons. The molecule has 1 heterocycles. The van der Waals surface area contributed by atoms with Crippen LogP contribution in [0.5, 0.6) is 0 Å². The Bertz CT molecular complexity index is 607. The molecule has 1 aliphatic heterocycles. The van der Waals surface area contributed by atoms with Crippen molar-refractivity contribution in [2.45, 2.75) is 50.2 Å². The maximum absolute atomic E-state index is 13.6. The van der Waals surface area contributed by atoms with Gasteiger partial charge in [-0.2, -0.15) is 11.8 Å². The predicted molar refractivity (Wildman–Crippen MR) is 103 cm³/mol. The smallest absolute Gasteiger partial charge is 0.228 e. The Morgan fingerprint density at radius 3 is 2.24 bits per heavy atom. The van der Waals surface area contributed by atoms with Crippen LogP contribution in [0.2, 0.25) is 0 Å². The lowest BCUT2D eigenvalue weighted by Gasteiger charge is -2.56. The third-order valence-electron chi connectivity index (χ3n) is 7.29. The Morgan fingerprint density at radius 2 is 1.60 bits per heavy atom. The van der Waals surface area contributed by atoms with Crippen LogP contribution in [0.1, 0.15) is 55.8 Å². The maximum Gasteiger partial charge on any atom is 0.228 e. The van der Waals surface area contributed by atoms with E-state index < -0.39 is 0 Å². The van der Waals surface area contributed by atoms with E-state index in [1.807, 2.05) is 11.8 Å². The van der Waals surface area contributed by atoms with E-state index in [-0.39, 0.29) is 5.41 Å². The standard InChI is InChI=1S/C22H29NOS/c24-21(22-13-16-10-17(14-22)12-18(11-16)15-22)23-7-6-20(25-9-8-23)19-4-2-1-3-5-19/h1-5,16-18,20H,6-15H2. The number of benzene rings is 1. The van der Waals surface area contributed by atoms with Crippen LogP contribution in [0.25, 0.3) is 0 Å². The van der Waals surface area contributed by atoms with Crippen molar-refractivity contribution in [3.63, 3.8) is 0 Å². The van der Waals surface area contributed by atoms with Gasteiger partial charge in [0.25, 0.3) is 0 Å². The monoisotopic (exact) mass is 355 g/mol. The number of thioether (sulfide) groups is 1. The molecule has 25 heavy (non-hydrogen) atoms. The number of hydrogen-bond donors (Lipinski definition) is 0. The number of carbonyl (C=O) groups excluding carboxylic acids is 1. The van der Waals surface area contributed by atoms with E-state index in [1.54, 1.807) is 0 Å². The number of amides is 1. The molecule has 0 spiro atoms. The minimum absolute atomic E-state index is 0.0337. The van der Waals surface area contributed by atoms with Crippen LogP contribution in [-0.4, -0.2) is 29.6 Å². The van der Waals surface area contributed by atoms with Crippen LogP contribution in [0, 0.1) is 23.2 Å². The highest BCUT2D eigenvalue weighted by molar-refractivity contribution is 7.99. The Balaban J connectivity index is 1.30. The fraction of sp³-hybridized carbons (Fsp3) is 0.682. The first-order chi connectivity index (χ1) is 12.2. The molecule has 4 aliphatic carbocycles. The van der Waals surface area contributed by atoms with E-state index in [2.05, 4.69) is 35.2 Å². The molecule has 2 nitrogen and oxygen atoms in total. The van der Waals surface area contributed by atoms with Crippen LogP contribution >= 0.6 is 11.8 Å². The summed E-state index contributed by atoms with van der Waals surface area (Å²) in [5.41, 5.74) is 1.46. The third-order valence-corrected chi connectivity index (χ3v) is 8.62. The fourth-order valence-corrected chi connectivity index (χ4v) is 7.85. The number of carbonyl (C=O) groups is 1. The van der Waals surface area contributed by atoms with Gasteiger partial charge < -0.3 is 4.90 Å². The highest BCUT2D eigenvalue weighted by atomic mass is 32.2. The molecule has 1 atom stereocenters. The van der Waals surface area contributed by atoms with E-state index in [4.69, 9.17) is 0 Å². The van der Waals surface area contributed by atoms with Gasteiger partial charge >= 0.3 is 0 Å². The lowest BCUT2D eigenvalue weighted by atomic mass is 9.49. The molecule has 0 aromatic heterocycles. The van der Waals surface area contributed by atoms with E-state index >= 15 is 0 Å². The summed E-state index contributed by atoms with van der Waals surface area (Å²) in [5.74, 6) is 4.18. The summed E-state index contributed by atoms with van der Waals surface area (Å²) in [4.78, 5) is 15.8. The molecular formula is C22H29NOS. The summed E-state index contributed by atoms with van der Waals surface area (Å²) in [7, 11) is 0. The van der Waals surface area contributed by atoms with E-state index in [9.17, 15) is 4.79 Å². The predicted octanol–water partition coefficient (Wildman–Crippen LogP) is 4.91. The molecule has 4 bridgehead atoms. The summed E-state index contributed by atoms with van der Waals surface area (Å²) in [5, 5.41) is 0.551. The van der Waals surface area contributed by atoms with Gasteiger partial charge in [0, 0.05) is 24.1 Å². The average Bonchev–Trinajstić information content (AvgIpc) is 2.87. The molecule has 0 N–H and O–H groups in total. The van der Waals surface area contributed by atoms with Crippen LogP contribution in [0.15, 0.2) is 30.3 Å². The molecule has 1 aromatic carbocycles. The van der Waals surface area contributed by atoms with E-state index in [1.165, 1.54) is 44.1 Å². The van der Waals surface area contributed by atoms with Crippen molar-refractivity contribution in [2.24, 2.45) is 23.2 Å². The Kier molecular flexibility index (Phi) is 4.11. The van der Waals surface area contributed by atoms with Crippen molar-refractivity contribution < 1.29 is 4.79 Å². The Morgan fingerprint density at radius 1 is 0.960 bits per heavy atom. The lowest BCUT2D eigenvalue weighted by molar-refractivity contribution is -0.157. The third kappa shape index (κ3) is 2.93. The molecule has 3 heteroatoms. The van der Waals surface area contributed by atoms with Gasteiger partial charge in [0.05, 0.1) is 5.41 Å². The first-order valence-electron chi connectivity index (χ1n) is 10.2. The highest BCUT2D eigenvalue weighted by Gasteiger charge is 2.55. The summed E-state index contributed by atoms with van der Waals surface area (Å²) in [6.07, 6.45) is 8.94. The first-order valence-corrected chi connectivity index (χ1v) is 11.2. The SMILES string of the molecule is O=C(N1CCSC(c2ccccc2)CC1)C12CC3CC(CC(C3)C1)C2. The average molecular weight is 356 g/mol. The van der Waals surface area contributed by atoms with Crippen molar-refractivity contribution in [1.29, 1.82) is 0 Å². The van der Waals surface area contributed by atoms with Gasteiger partial charge in [-0.25, -0.2) is 0 Å². The minimum atomic E-state index is 0.0337. The normalized spacial score (nSPS) is 40.1. The summed E-state index contributed by atoms with van der Waals surface area (Å²) in [6.45, 7) is 1.90. The highest BCUT2D eigenvalue weighted by Crippen LogP contribution is 2.60. The molecule has 1 unspecified atom stereocenters. The molecule has 4 saturated carbocycles. The van der Waals surface area contributed by atoms with Gasteiger partial charge in [-0.05, 0) is 68.3 Å². The van der Waals surface area contributed by atoms with E-state index in [0.29, 0.717) is 11.2 Å². The van der Waals surface area contributed by atoms with Crippen molar-refractivity contribution in [1.82, 2.24) is 4.90 Å². The number of hydrogen-bond acceptors (Lipinski definition) is 2. The molecule has 5 fully saturated rings. The Labute approximate surface area is 155 Å². The topological polar surface area (TPSA) is 20.3 Å². The fourth-order valence-electron chi connectivity index (χ4n) is 6.62. The van der Waals surface area contributed by atoms with Gasteiger partial charge in [-0.1, -0.05) is 30.3 Å². The van der Waals surface area contributed by atoms with Crippen LogP contribution < -0.4 is 0 Å². The summed E-state index contributed by atoms with van der Waals surface area (Å²) in [6, 6.07) is 10.9. The minimum Gasteiger partial charge on any atom is -0.341 e. The second-order valence-electron chi connectivity index (χ2n) is 9.05. The lowest BCUT2D eigenvalue weighted by Crippen LogP contribution is -2.54. The Hall–Kier alpha value is -0.960. The molecule has 6 rings (SSSR count). The zero-order chi connectivity index (χ0) is 16.9. The molecule has 1 amide bonds. The molecule has 134 valence electrons. The van der Waals surface area contributed by atoms with Crippen LogP contribution in [-0.2, 0) is 4.79 Å². The summed E-state index contributed by atoms with van der Waals surface area (Å²) >= 11 is 2.04. The largest absolute Gasteiger partial charge is 0.341 e.